The second kappa shape index (κ2) is 8.40. The molecule has 6 N–H and O–H groups in total. The van der Waals surface area contributed by atoms with Crippen LogP contribution in [0, 0.1) is 5.41 Å². The Bertz CT molecular complexity index is 1070. The van der Waals surface area contributed by atoms with Crippen molar-refractivity contribution in [3.63, 3.8) is 0 Å². The van der Waals surface area contributed by atoms with Crippen LogP contribution in [0.1, 0.15) is 25.8 Å². The molecule has 3 saturated heterocycles. The molecular formula is C23H29N5O7. The van der Waals surface area contributed by atoms with E-state index in [2.05, 4.69) is 0 Å². The summed E-state index contributed by atoms with van der Waals surface area (Å²) in [6.07, 6.45) is -2.74. The van der Waals surface area contributed by atoms with Crippen molar-refractivity contribution in [1.29, 1.82) is 0 Å². The minimum absolute atomic E-state index is 0.0214. The Morgan fingerprint density at radius 3 is 1.91 bits per heavy atom. The van der Waals surface area contributed by atoms with E-state index in [4.69, 9.17) is 11.5 Å². The SMILES string of the molecule is C[C@@H](O)[C@@H](C(N)=O)N1CC2(CN(Cc3ccccc3)C3(C2)C(=O)N([C@H](C(N)=O)[C@@H](C)O)C3=O)C1=O. The molecule has 0 aliphatic carbocycles. The Hall–Kier alpha value is -3.35. The number of carbonyl (C=O) groups is 5. The van der Waals surface area contributed by atoms with Gasteiger partial charge in [0.1, 0.15) is 12.1 Å². The molecule has 2 spiro atoms. The zero-order valence-electron chi connectivity index (χ0n) is 19.5. The second-order valence-corrected chi connectivity index (χ2v) is 9.75. The fraction of sp³-hybridized carbons (Fsp3) is 0.522. The fourth-order valence-corrected chi connectivity index (χ4v) is 5.74. The number of benzene rings is 1. The van der Waals surface area contributed by atoms with Crippen LogP contribution in [0.4, 0.5) is 0 Å². The summed E-state index contributed by atoms with van der Waals surface area (Å²) >= 11 is 0. The van der Waals surface area contributed by atoms with Crippen LogP contribution in [0.15, 0.2) is 30.3 Å². The van der Waals surface area contributed by atoms with E-state index in [0.29, 0.717) is 4.90 Å². The highest BCUT2D eigenvalue weighted by Gasteiger charge is 2.76. The maximum absolute atomic E-state index is 13.5. The first-order valence-electron chi connectivity index (χ1n) is 11.3. The minimum atomic E-state index is -1.72. The number of carbonyl (C=O) groups excluding carboxylic acids is 5. The van der Waals surface area contributed by atoms with Crippen molar-refractivity contribution in [2.45, 2.75) is 56.6 Å². The van der Waals surface area contributed by atoms with Crippen LogP contribution in [0.3, 0.4) is 0 Å². The van der Waals surface area contributed by atoms with Gasteiger partial charge >= 0.3 is 0 Å². The zero-order valence-corrected chi connectivity index (χ0v) is 19.5. The largest absolute Gasteiger partial charge is 0.391 e. The molecule has 3 heterocycles. The molecule has 188 valence electrons. The van der Waals surface area contributed by atoms with Gasteiger partial charge in [-0.25, -0.2) is 0 Å². The first kappa shape index (κ1) is 24.8. The zero-order chi connectivity index (χ0) is 25.9. The van der Waals surface area contributed by atoms with Gasteiger partial charge in [0.25, 0.3) is 11.8 Å². The van der Waals surface area contributed by atoms with Gasteiger partial charge in [-0.1, -0.05) is 30.3 Å². The molecule has 0 saturated carbocycles. The molecule has 12 heteroatoms. The van der Waals surface area contributed by atoms with Crippen molar-refractivity contribution >= 4 is 29.5 Å². The van der Waals surface area contributed by atoms with E-state index in [1.54, 1.807) is 17.0 Å². The monoisotopic (exact) mass is 487 g/mol. The fourth-order valence-electron chi connectivity index (χ4n) is 5.74. The summed E-state index contributed by atoms with van der Waals surface area (Å²) in [7, 11) is 0. The molecule has 0 bridgehead atoms. The van der Waals surface area contributed by atoms with Gasteiger partial charge in [-0.2, -0.15) is 0 Å². The predicted molar refractivity (Wildman–Crippen MR) is 120 cm³/mol. The number of β-lactam (4-membered cyclic amide) rings is 3. The summed E-state index contributed by atoms with van der Waals surface area (Å²) in [6, 6.07) is 6.30. The van der Waals surface area contributed by atoms with Crippen molar-refractivity contribution in [2.24, 2.45) is 16.9 Å². The highest BCUT2D eigenvalue weighted by molar-refractivity contribution is 6.28. The number of aliphatic hydroxyl groups is 2. The Kier molecular flexibility index (Phi) is 5.94. The van der Waals surface area contributed by atoms with Gasteiger partial charge in [0.05, 0.1) is 17.6 Å². The van der Waals surface area contributed by atoms with Gasteiger partial charge in [-0.15, -0.1) is 0 Å². The molecule has 12 nitrogen and oxygen atoms in total. The number of rotatable bonds is 8. The smallest absolute Gasteiger partial charge is 0.260 e. The van der Waals surface area contributed by atoms with Crippen molar-refractivity contribution < 1.29 is 34.2 Å². The van der Waals surface area contributed by atoms with Gasteiger partial charge in [0.2, 0.25) is 17.7 Å². The standard InChI is InChI=1S/C23H29N5O7/c1-12(29)15(17(24)31)27-11-22(19(27)33)9-23(26(10-22)8-14-6-4-3-5-7-14)20(34)28(21(23)35)16(13(2)30)18(25)32/h3-7,12-13,15-16,29-30H,8-11H2,1-2H3,(H2,24,31)(H2,25,32)/t12-,13-,15+,16+,22?/m1/s1. The summed E-state index contributed by atoms with van der Waals surface area (Å²) in [5.41, 5.74) is 8.67. The number of primary amides is 2. The predicted octanol–water partition coefficient (Wildman–Crippen LogP) is -2.70. The maximum atomic E-state index is 13.5. The van der Waals surface area contributed by atoms with Crippen LogP contribution in [-0.2, 0) is 30.5 Å². The van der Waals surface area contributed by atoms with Gasteiger partial charge in [0, 0.05) is 26.1 Å². The summed E-state index contributed by atoms with van der Waals surface area (Å²) in [4.78, 5) is 67.6. The van der Waals surface area contributed by atoms with Crippen LogP contribution >= 0.6 is 0 Å². The first-order chi connectivity index (χ1) is 16.4. The number of likely N-dealkylation sites (tertiary alicyclic amines) is 3. The Labute approximate surface area is 201 Å². The highest BCUT2D eigenvalue weighted by Crippen LogP contribution is 2.54. The average molecular weight is 488 g/mol. The Morgan fingerprint density at radius 1 is 0.914 bits per heavy atom. The van der Waals surface area contributed by atoms with Crippen molar-refractivity contribution in [3.8, 4) is 0 Å². The maximum Gasteiger partial charge on any atom is 0.260 e. The number of amides is 5. The lowest BCUT2D eigenvalue weighted by Gasteiger charge is -2.52. The molecule has 3 aliphatic rings. The van der Waals surface area contributed by atoms with Crippen LogP contribution < -0.4 is 11.5 Å². The third kappa shape index (κ3) is 3.51. The van der Waals surface area contributed by atoms with Crippen LogP contribution in [0.5, 0.6) is 0 Å². The lowest BCUT2D eigenvalue weighted by Crippen LogP contribution is -2.80. The second-order valence-electron chi connectivity index (χ2n) is 9.75. The molecule has 5 amide bonds. The highest BCUT2D eigenvalue weighted by atomic mass is 16.3. The van der Waals surface area contributed by atoms with E-state index in [1.165, 1.54) is 18.7 Å². The van der Waals surface area contributed by atoms with Crippen LogP contribution in [0.25, 0.3) is 0 Å². The number of nitrogens with two attached hydrogens (primary N) is 2. The molecule has 1 aromatic rings. The molecule has 1 unspecified atom stereocenters. The molecule has 35 heavy (non-hydrogen) atoms. The van der Waals surface area contributed by atoms with Crippen LogP contribution in [0.2, 0.25) is 0 Å². The van der Waals surface area contributed by atoms with E-state index < -0.39 is 64.8 Å². The summed E-state index contributed by atoms with van der Waals surface area (Å²) < 4.78 is 0. The number of hydrogen-bond acceptors (Lipinski definition) is 8. The molecule has 3 fully saturated rings. The van der Waals surface area contributed by atoms with Gasteiger partial charge in [-0.3, -0.25) is 33.8 Å². The van der Waals surface area contributed by atoms with Crippen molar-refractivity contribution in [1.82, 2.24) is 14.7 Å². The topological polar surface area (TPSA) is 188 Å². The number of imide groups is 1. The van der Waals surface area contributed by atoms with Crippen LogP contribution in [-0.4, -0.2) is 97.4 Å². The first-order valence-corrected chi connectivity index (χ1v) is 11.3. The van der Waals surface area contributed by atoms with Gasteiger partial charge < -0.3 is 26.6 Å². The third-order valence-corrected chi connectivity index (χ3v) is 7.29. The summed E-state index contributed by atoms with van der Waals surface area (Å²) in [5, 5.41) is 20.0. The van der Waals surface area contributed by atoms with E-state index in [0.717, 1.165) is 5.56 Å². The van der Waals surface area contributed by atoms with Crippen molar-refractivity contribution in [2.75, 3.05) is 13.1 Å². The number of hydrogen-bond donors (Lipinski definition) is 4. The molecular weight excluding hydrogens is 458 g/mol. The Balaban J connectivity index is 1.68. The summed E-state index contributed by atoms with van der Waals surface area (Å²) in [6.45, 7) is 2.85. The number of nitrogens with zero attached hydrogens (tertiary/aromatic N) is 3. The molecule has 1 aromatic carbocycles. The van der Waals surface area contributed by atoms with Gasteiger partial charge in [-0.05, 0) is 19.4 Å². The molecule has 3 aliphatic heterocycles. The minimum Gasteiger partial charge on any atom is -0.391 e. The third-order valence-electron chi connectivity index (χ3n) is 7.29. The summed E-state index contributed by atoms with van der Waals surface area (Å²) in [5.74, 6) is -3.80. The molecule has 0 radical (unpaired) electrons. The van der Waals surface area contributed by atoms with Crippen molar-refractivity contribution in [3.05, 3.63) is 35.9 Å². The average Bonchev–Trinajstić information content (AvgIpc) is 3.15. The van der Waals surface area contributed by atoms with E-state index in [1.807, 2.05) is 18.2 Å². The van der Waals surface area contributed by atoms with E-state index in [9.17, 15) is 34.2 Å². The van der Waals surface area contributed by atoms with E-state index in [-0.39, 0.29) is 26.1 Å². The lowest BCUT2D eigenvalue weighted by atomic mass is 9.69. The quantitative estimate of drug-likeness (QED) is 0.225. The van der Waals surface area contributed by atoms with E-state index >= 15 is 0 Å². The van der Waals surface area contributed by atoms with Gasteiger partial charge in [0.15, 0.2) is 5.54 Å². The number of aliphatic hydroxyl groups excluding tert-OH is 2. The molecule has 4 rings (SSSR count). The molecule has 0 aromatic heterocycles. The normalized spacial score (nSPS) is 26.9. The molecule has 5 atom stereocenters. The lowest BCUT2D eigenvalue weighted by molar-refractivity contribution is -0.186. The Morgan fingerprint density at radius 2 is 1.46 bits per heavy atom.